The number of aromatic hydroxyl groups is 1. The molecule has 2 heterocycles. The van der Waals surface area contributed by atoms with Crippen molar-refractivity contribution in [2.24, 2.45) is 5.18 Å². The number of aromatic nitrogens is 2. The summed E-state index contributed by atoms with van der Waals surface area (Å²) in [6.45, 7) is 0. The molecule has 20 heavy (non-hydrogen) atoms. The SMILES string of the molecule is O=Cc1nc(-n2c(O)c3ccccc3c2N=O)sc1Cl. The summed E-state index contributed by atoms with van der Waals surface area (Å²) in [5.41, 5.74) is 0.0562. The van der Waals surface area contributed by atoms with Gasteiger partial charge in [-0.15, -0.1) is 4.91 Å². The van der Waals surface area contributed by atoms with E-state index in [4.69, 9.17) is 11.6 Å². The number of benzene rings is 1. The zero-order valence-corrected chi connectivity index (χ0v) is 11.4. The number of carbonyl (C=O) groups excluding carboxylic acids is 1. The molecule has 3 rings (SSSR count). The average Bonchev–Trinajstić information content (AvgIpc) is 2.97. The average molecular weight is 308 g/mol. The first-order chi connectivity index (χ1) is 9.67. The van der Waals surface area contributed by atoms with Gasteiger partial charge in [-0.05, 0) is 11.2 Å². The van der Waals surface area contributed by atoms with Gasteiger partial charge in [-0.1, -0.05) is 41.1 Å². The molecule has 6 nitrogen and oxygen atoms in total. The second kappa shape index (κ2) is 4.69. The molecule has 1 aromatic carbocycles. The van der Waals surface area contributed by atoms with Crippen molar-refractivity contribution in [3.05, 3.63) is 39.2 Å². The number of nitrogens with zero attached hydrogens (tertiary/aromatic N) is 3. The lowest BCUT2D eigenvalue weighted by molar-refractivity contribution is 0.111. The van der Waals surface area contributed by atoms with Crippen molar-refractivity contribution in [3.63, 3.8) is 0 Å². The van der Waals surface area contributed by atoms with Gasteiger partial charge in [0.05, 0.1) is 0 Å². The van der Waals surface area contributed by atoms with Crippen molar-refractivity contribution in [2.45, 2.75) is 0 Å². The third kappa shape index (κ3) is 1.71. The van der Waals surface area contributed by atoms with Crippen molar-refractivity contribution in [2.75, 3.05) is 0 Å². The molecule has 0 fully saturated rings. The van der Waals surface area contributed by atoms with E-state index >= 15 is 0 Å². The van der Waals surface area contributed by atoms with E-state index in [1.165, 1.54) is 4.57 Å². The summed E-state index contributed by atoms with van der Waals surface area (Å²) in [5.74, 6) is -0.154. The van der Waals surface area contributed by atoms with Gasteiger partial charge in [-0.25, -0.2) is 9.55 Å². The highest BCUT2D eigenvalue weighted by Gasteiger charge is 2.21. The van der Waals surface area contributed by atoms with Crippen LogP contribution in [-0.2, 0) is 0 Å². The number of nitroso groups, excluding NO2 is 1. The number of fused-ring (bicyclic) bond motifs is 1. The standard InChI is InChI=1S/C12H6ClN3O3S/c13-9-8(5-17)14-12(20-9)16-10(15-19)6-3-1-2-4-7(6)11(16)18/h1-5,18H. The monoisotopic (exact) mass is 307 g/mol. The topological polar surface area (TPSA) is 84.6 Å². The Morgan fingerprint density at radius 2 is 2.05 bits per heavy atom. The molecule has 100 valence electrons. The Balaban J connectivity index is 2.37. The Labute approximate surface area is 121 Å². The summed E-state index contributed by atoms with van der Waals surface area (Å²) in [6.07, 6.45) is 0.511. The number of hydrogen-bond acceptors (Lipinski definition) is 6. The van der Waals surface area contributed by atoms with Gasteiger partial charge < -0.3 is 5.11 Å². The van der Waals surface area contributed by atoms with E-state index in [0.29, 0.717) is 17.1 Å². The summed E-state index contributed by atoms with van der Waals surface area (Å²) in [4.78, 5) is 25.9. The molecule has 2 aromatic heterocycles. The second-order valence-electron chi connectivity index (χ2n) is 3.89. The molecule has 0 aliphatic carbocycles. The molecule has 0 aliphatic rings. The van der Waals surface area contributed by atoms with Crippen molar-refractivity contribution in [1.29, 1.82) is 0 Å². The van der Waals surface area contributed by atoms with Crippen LogP contribution in [0.3, 0.4) is 0 Å². The van der Waals surface area contributed by atoms with Gasteiger partial charge in [-0.3, -0.25) is 4.79 Å². The lowest BCUT2D eigenvalue weighted by atomic mass is 10.2. The minimum atomic E-state index is -0.168. The fourth-order valence-corrected chi connectivity index (χ4v) is 3.02. The van der Waals surface area contributed by atoms with E-state index in [2.05, 4.69) is 10.2 Å². The number of rotatable bonds is 3. The summed E-state index contributed by atoms with van der Waals surface area (Å²) in [6, 6.07) is 6.78. The number of thiazole rings is 1. The van der Waals surface area contributed by atoms with E-state index < -0.39 is 0 Å². The molecule has 3 aromatic rings. The van der Waals surface area contributed by atoms with Crippen molar-refractivity contribution >= 4 is 45.8 Å². The molecule has 0 unspecified atom stereocenters. The van der Waals surface area contributed by atoms with Gasteiger partial charge in [0.25, 0.3) is 0 Å². The molecule has 0 bridgehead atoms. The van der Waals surface area contributed by atoms with Gasteiger partial charge in [0.2, 0.25) is 5.88 Å². The molecular weight excluding hydrogens is 302 g/mol. The predicted molar refractivity (Wildman–Crippen MR) is 76.5 cm³/mol. The molecular formula is C12H6ClN3O3S. The Morgan fingerprint density at radius 1 is 1.35 bits per heavy atom. The van der Waals surface area contributed by atoms with E-state index in [9.17, 15) is 14.8 Å². The molecule has 0 amide bonds. The van der Waals surface area contributed by atoms with Crippen LogP contribution in [0.15, 0.2) is 29.4 Å². The fraction of sp³-hybridized carbons (Fsp3) is 0. The Bertz CT molecular complexity index is 840. The highest BCUT2D eigenvalue weighted by molar-refractivity contribution is 7.18. The Hall–Kier alpha value is -2.25. The lowest BCUT2D eigenvalue weighted by Crippen LogP contribution is -1.92. The smallest absolute Gasteiger partial charge is 0.207 e. The minimum absolute atomic E-state index is 0.0148. The minimum Gasteiger partial charge on any atom is -0.494 e. The largest absolute Gasteiger partial charge is 0.494 e. The first-order valence-electron chi connectivity index (χ1n) is 5.45. The van der Waals surface area contributed by atoms with Crippen molar-refractivity contribution in [3.8, 4) is 11.0 Å². The van der Waals surface area contributed by atoms with E-state index in [-0.39, 0.29) is 26.9 Å². The highest BCUT2D eigenvalue weighted by atomic mass is 35.5. The second-order valence-corrected chi connectivity index (χ2v) is 5.47. The molecule has 0 aliphatic heterocycles. The van der Waals surface area contributed by atoms with Gasteiger partial charge in [0, 0.05) is 10.8 Å². The summed E-state index contributed by atoms with van der Waals surface area (Å²) < 4.78 is 1.37. The third-order valence-electron chi connectivity index (χ3n) is 2.82. The number of carbonyl (C=O) groups is 1. The number of aldehydes is 1. The first-order valence-corrected chi connectivity index (χ1v) is 6.64. The summed E-state index contributed by atoms with van der Waals surface area (Å²) in [7, 11) is 0. The van der Waals surface area contributed by atoms with Crippen LogP contribution in [0.25, 0.3) is 15.9 Å². The number of hydrogen-bond donors (Lipinski definition) is 1. The number of halogens is 1. The highest BCUT2D eigenvalue weighted by Crippen LogP contribution is 2.41. The van der Waals surface area contributed by atoms with E-state index in [0.717, 1.165) is 11.3 Å². The predicted octanol–water partition coefficient (Wildman–Crippen LogP) is 3.66. The van der Waals surface area contributed by atoms with Gasteiger partial charge in [-0.2, -0.15) is 0 Å². The molecule has 1 N–H and O–H groups in total. The van der Waals surface area contributed by atoms with Crippen LogP contribution in [0.5, 0.6) is 5.88 Å². The fourth-order valence-electron chi connectivity index (χ4n) is 1.96. The Morgan fingerprint density at radius 3 is 2.65 bits per heavy atom. The van der Waals surface area contributed by atoms with Crippen LogP contribution in [-0.4, -0.2) is 20.9 Å². The van der Waals surface area contributed by atoms with Gasteiger partial charge >= 0.3 is 0 Å². The molecule has 0 radical (unpaired) electrons. The summed E-state index contributed by atoms with van der Waals surface area (Å²) >= 11 is 6.84. The molecule has 8 heteroatoms. The molecule has 0 saturated heterocycles. The van der Waals surface area contributed by atoms with Crippen molar-refractivity contribution in [1.82, 2.24) is 9.55 Å². The zero-order valence-electron chi connectivity index (χ0n) is 9.78. The first kappa shape index (κ1) is 12.8. The lowest BCUT2D eigenvalue weighted by Gasteiger charge is -2.00. The van der Waals surface area contributed by atoms with Gasteiger partial charge in [0.1, 0.15) is 10.0 Å². The van der Waals surface area contributed by atoms with Crippen LogP contribution < -0.4 is 0 Å². The van der Waals surface area contributed by atoms with E-state index in [1.807, 2.05) is 0 Å². The van der Waals surface area contributed by atoms with Crippen LogP contribution in [0.1, 0.15) is 10.5 Å². The van der Waals surface area contributed by atoms with E-state index in [1.54, 1.807) is 24.3 Å². The third-order valence-corrected chi connectivity index (χ3v) is 4.09. The molecule has 0 spiro atoms. The van der Waals surface area contributed by atoms with Gasteiger partial charge in [0.15, 0.2) is 17.2 Å². The van der Waals surface area contributed by atoms with Crippen LogP contribution >= 0.6 is 22.9 Å². The zero-order chi connectivity index (χ0) is 14.3. The summed E-state index contributed by atoms with van der Waals surface area (Å²) in [5, 5.41) is 14.4. The normalized spacial score (nSPS) is 10.8. The molecule has 0 saturated carbocycles. The maximum atomic E-state index is 11.1. The quantitative estimate of drug-likeness (QED) is 0.591. The van der Waals surface area contributed by atoms with Crippen LogP contribution in [0, 0.1) is 4.91 Å². The van der Waals surface area contributed by atoms with Crippen LogP contribution in [0.4, 0.5) is 5.82 Å². The Kier molecular flexibility index (Phi) is 3.00. The maximum absolute atomic E-state index is 11.1. The van der Waals surface area contributed by atoms with Crippen molar-refractivity contribution < 1.29 is 9.90 Å². The van der Waals surface area contributed by atoms with Crippen LogP contribution in [0.2, 0.25) is 4.34 Å². The maximum Gasteiger partial charge on any atom is 0.207 e. The molecule has 0 atom stereocenters.